The molecule has 0 bridgehead atoms. The normalized spacial score (nSPS) is 16.5. The number of piperazine rings is 1. The largest absolute Gasteiger partial charge is 0.338 e. The number of halogens is 2. The summed E-state index contributed by atoms with van der Waals surface area (Å²) in [7, 11) is -7.74. The van der Waals surface area contributed by atoms with Crippen LogP contribution < -0.4 is 4.31 Å². The van der Waals surface area contributed by atoms with Crippen molar-refractivity contribution < 1.29 is 30.4 Å². The van der Waals surface area contributed by atoms with Crippen molar-refractivity contribution in [2.75, 3.05) is 36.7 Å². The Morgan fingerprint density at radius 3 is 2.03 bits per heavy atom. The summed E-state index contributed by atoms with van der Waals surface area (Å²) in [4.78, 5) is 14.6. The summed E-state index contributed by atoms with van der Waals surface area (Å²) >= 11 is 0. The number of benzene rings is 2. The standard InChI is InChI=1S/C21H25F2N3O5S2/c1-15-4-7-18(8-5-15)33(30,31)25-12-10-24(11-13-25)21(27)16(2)26(32(3,28)29)17-6-9-19(22)20(23)14-17/h4-9,14,16H,10-13H2,1-3H3. The zero-order valence-corrected chi connectivity index (χ0v) is 20.0. The number of sulfonamides is 2. The van der Waals surface area contributed by atoms with Crippen molar-refractivity contribution >= 4 is 31.6 Å². The SMILES string of the molecule is Cc1ccc(S(=O)(=O)N2CCN(C(=O)C(C)N(c3ccc(F)c(F)c3)S(C)(=O)=O)CC2)cc1. The molecule has 2 aromatic rings. The summed E-state index contributed by atoms with van der Waals surface area (Å²) in [5.74, 6) is -2.95. The molecule has 1 atom stereocenters. The van der Waals surface area contributed by atoms with Gasteiger partial charge in [-0.2, -0.15) is 4.31 Å². The predicted molar refractivity (Wildman–Crippen MR) is 120 cm³/mol. The first-order valence-electron chi connectivity index (χ1n) is 10.1. The van der Waals surface area contributed by atoms with Gasteiger partial charge in [0.15, 0.2) is 11.6 Å². The number of aryl methyl sites for hydroxylation is 1. The lowest BCUT2D eigenvalue weighted by atomic mass is 10.2. The van der Waals surface area contributed by atoms with Crippen LogP contribution in [0.4, 0.5) is 14.5 Å². The molecule has 0 saturated carbocycles. The molecule has 8 nitrogen and oxygen atoms in total. The van der Waals surface area contributed by atoms with Gasteiger partial charge >= 0.3 is 0 Å². The molecule has 1 aliphatic rings. The minimum absolute atomic E-state index is 0.0404. The molecule has 12 heteroatoms. The Morgan fingerprint density at radius 1 is 0.939 bits per heavy atom. The summed E-state index contributed by atoms with van der Waals surface area (Å²) in [5, 5.41) is 0. The Balaban J connectivity index is 1.76. The van der Waals surface area contributed by atoms with Gasteiger partial charge in [0.25, 0.3) is 0 Å². The van der Waals surface area contributed by atoms with E-state index < -0.39 is 43.6 Å². The maximum absolute atomic E-state index is 13.7. The van der Waals surface area contributed by atoms with Crippen LogP contribution in [0.2, 0.25) is 0 Å². The van der Waals surface area contributed by atoms with Gasteiger partial charge in [-0.15, -0.1) is 0 Å². The van der Waals surface area contributed by atoms with E-state index in [1.807, 2.05) is 6.92 Å². The van der Waals surface area contributed by atoms with Crippen molar-refractivity contribution in [1.29, 1.82) is 0 Å². The van der Waals surface area contributed by atoms with E-state index >= 15 is 0 Å². The van der Waals surface area contributed by atoms with Crippen LogP contribution in [0.15, 0.2) is 47.4 Å². The molecular weight excluding hydrogens is 476 g/mol. The van der Waals surface area contributed by atoms with Crippen molar-refractivity contribution in [2.45, 2.75) is 24.8 Å². The van der Waals surface area contributed by atoms with Crippen LogP contribution in [0.25, 0.3) is 0 Å². The second-order valence-electron chi connectivity index (χ2n) is 7.88. The van der Waals surface area contributed by atoms with Crippen LogP contribution in [0, 0.1) is 18.6 Å². The first kappa shape index (κ1) is 25.1. The van der Waals surface area contributed by atoms with Crippen LogP contribution in [0.5, 0.6) is 0 Å². The number of amides is 1. The van der Waals surface area contributed by atoms with Crippen LogP contribution in [0.1, 0.15) is 12.5 Å². The number of carbonyl (C=O) groups excluding carboxylic acids is 1. The van der Waals surface area contributed by atoms with Gasteiger partial charge in [0.1, 0.15) is 6.04 Å². The van der Waals surface area contributed by atoms with Crippen LogP contribution >= 0.6 is 0 Å². The van der Waals surface area contributed by atoms with Crippen LogP contribution in [0.3, 0.4) is 0 Å². The molecule has 0 N–H and O–H groups in total. The Kier molecular flexibility index (Phi) is 7.10. The number of nitrogens with zero attached hydrogens (tertiary/aromatic N) is 3. The van der Waals surface area contributed by atoms with Gasteiger partial charge in [-0.25, -0.2) is 25.6 Å². The van der Waals surface area contributed by atoms with Crippen molar-refractivity contribution in [3.8, 4) is 0 Å². The number of hydrogen-bond acceptors (Lipinski definition) is 5. The second-order valence-corrected chi connectivity index (χ2v) is 11.7. The number of rotatable bonds is 6. The highest BCUT2D eigenvalue weighted by Gasteiger charge is 2.36. The van der Waals surface area contributed by atoms with Gasteiger partial charge in [0.2, 0.25) is 26.0 Å². The zero-order valence-electron chi connectivity index (χ0n) is 18.4. The average Bonchev–Trinajstić information content (AvgIpc) is 2.75. The van der Waals surface area contributed by atoms with Gasteiger partial charge in [0, 0.05) is 32.2 Å². The monoisotopic (exact) mass is 501 g/mol. The second kappa shape index (κ2) is 9.35. The lowest BCUT2D eigenvalue weighted by Crippen LogP contribution is -2.56. The summed E-state index contributed by atoms with van der Waals surface area (Å²) in [6.07, 6.45) is 0.865. The van der Waals surface area contributed by atoms with Gasteiger partial charge in [-0.3, -0.25) is 9.10 Å². The zero-order chi connectivity index (χ0) is 24.6. The number of hydrogen-bond donors (Lipinski definition) is 0. The molecule has 0 aromatic heterocycles. The highest BCUT2D eigenvalue weighted by Crippen LogP contribution is 2.25. The maximum Gasteiger partial charge on any atom is 0.246 e. The fourth-order valence-electron chi connectivity index (χ4n) is 3.70. The molecule has 3 rings (SSSR count). The minimum atomic E-state index is -4.01. The molecule has 180 valence electrons. The third kappa shape index (κ3) is 5.33. The highest BCUT2D eigenvalue weighted by atomic mass is 32.2. The van der Waals surface area contributed by atoms with Gasteiger partial charge < -0.3 is 4.90 Å². The van der Waals surface area contributed by atoms with E-state index in [0.717, 1.165) is 28.3 Å². The smallest absolute Gasteiger partial charge is 0.246 e. The topological polar surface area (TPSA) is 95.1 Å². The molecule has 1 unspecified atom stereocenters. The van der Waals surface area contributed by atoms with E-state index in [1.165, 1.54) is 28.3 Å². The van der Waals surface area contributed by atoms with E-state index in [1.54, 1.807) is 12.1 Å². The first-order chi connectivity index (χ1) is 15.3. The summed E-state index contributed by atoms with van der Waals surface area (Å²) in [6.45, 7) is 3.40. The van der Waals surface area contributed by atoms with Crippen LogP contribution in [-0.4, -0.2) is 70.4 Å². The average molecular weight is 502 g/mol. The van der Waals surface area contributed by atoms with E-state index in [4.69, 9.17) is 0 Å². The Bertz CT molecular complexity index is 1240. The highest BCUT2D eigenvalue weighted by molar-refractivity contribution is 7.92. The van der Waals surface area contributed by atoms with E-state index in [2.05, 4.69) is 0 Å². The van der Waals surface area contributed by atoms with Crippen LogP contribution in [-0.2, 0) is 24.8 Å². The molecule has 1 fully saturated rings. The molecule has 0 spiro atoms. The van der Waals surface area contributed by atoms with E-state index in [-0.39, 0.29) is 36.8 Å². The van der Waals surface area contributed by atoms with Crippen molar-refractivity contribution in [3.63, 3.8) is 0 Å². The Labute approximate surface area is 192 Å². The lowest BCUT2D eigenvalue weighted by Gasteiger charge is -2.37. The molecule has 1 aliphatic heterocycles. The fraction of sp³-hybridized carbons (Fsp3) is 0.381. The third-order valence-corrected chi connectivity index (χ3v) is 8.59. The van der Waals surface area contributed by atoms with Crippen molar-refractivity contribution in [2.24, 2.45) is 0 Å². The van der Waals surface area contributed by atoms with Gasteiger partial charge in [-0.05, 0) is 38.1 Å². The molecule has 1 saturated heterocycles. The van der Waals surface area contributed by atoms with Gasteiger partial charge in [0.05, 0.1) is 16.8 Å². The Morgan fingerprint density at radius 2 is 1.52 bits per heavy atom. The molecule has 33 heavy (non-hydrogen) atoms. The third-order valence-electron chi connectivity index (χ3n) is 5.43. The molecule has 1 amide bonds. The fourth-order valence-corrected chi connectivity index (χ4v) is 6.28. The molecule has 1 heterocycles. The minimum Gasteiger partial charge on any atom is -0.338 e. The number of carbonyl (C=O) groups is 1. The molecule has 2 aromatic carbocycles. The summed E-state index contributed by atoms with van der Waals surface area (Å²) in [6, 6.07) is 7.78. The predicted octanol–water partition coefficient (Wildman–Crippen LogP) is 1.96. The van der Waals surface area contributed by atoms with Crippen molar-refractivity contribution in [1.82, 2.24) is 9.21 Å². The quantitative estimate of drug-likeness (QED) is 0.603. The first-order valence-corrected chi connectivity index (χ1v) is 13.4. The Hall–Kier alpha value is -2.57. The molecule has 0 radical (unpaired) electrons. The van der Waals surface area contributed by atoms with E-state index in [0.29, 0.717) is 6.07 Å². The molecule has 0 aliphatic carbocycles. The van der Waals surface area contributed by atoms with E-state index in [9.17, 15) is 30.4 Å². The maximum atomic E-state index is 13.7. The van der Waals surface area contributed by atoms with Gasteiger partial charge in [-0.1, -0.05) is 17.7 Å². The summed E-state index contributed by atoms with van der Waals surface area (Å²) in [5.41, 5.74) is 0.743. The molecular formula is C21H25F2N3O5S2. The summed E-state index contributed by atoms with van der Waals surface area (Å²) < 4.78 is 79.5. The van der Waals surface area contributed by atoms with Crippen molar-refractivity contribution in [3.05, 3.63) is 59.7 Å². The lowest BCUT2D eigenvalue weighted by molar-refractivity contribution is -0.133. The number of anilines is 1.